The largest absolute Gasteiger partial charge is 0.397 e. The zero-order valence-electron chi connectivity index (χ0n) is 7.00. The first-order valence-corrected chi connectivity index (χ1v) is 6.91. The summed E-state index contributed by atoms with van der Waals surface area (Å²) in [6, 6.07) is 4.22. The highest BCUT2D eigenvalue weighted by Gasteiger charge is 2.07. The quantitative estimate of drug-likeness (QED) is 0.491. The monoisotopic (exact) mass is 321 g/mol. The maximum absolute atomic E-state index is 5.98. The summed E-state index contributed by atoms with van der Waals surface area (Å²) in [5, 5.41) is 3.46. The lowest BCUT2D eigenvalue weighted by Crippen LogP contribution is -1.88. The predicted octanol–water partition coefficient (Wildman–Crippen LogP) is 3.81. The summed E-state index contributed by atoms with van der Waals surface area (Å²) in [6.45, 7) is 0. The minimum absolute atomic E-state index is 0.920. The lowest BCUT2D eigenvalue weighted by atomic mass is 10.2. The van der Waals surface area contributed by atoms with Crippen LogP contribution in [-0.4, -0.2) is 6.26 Å². The summed E-state index contributed by atoms with van der Waals surface area (Å²) in [7, 11) is 0. The lowest BCUT2D eigenvalue weighted by Gasteiger charge is -1.99. The molecule has 0 aliphatic rings. The van der Waals surface area contributed by atoms with Crippen LogP contribution in [0.3, 0.4) is 0 Å². The van der Waals surface area contributed by atoms with Gasteiger partial charge in [0, 0.05) is 19.2 Å². The maximum atomic E-state index is 5.98. The molecule has 0 radical (unpaired) electrons. The van der Waals surface area contributed by atoms with E-state index in [9.17, 15) is 0 Å². The minimum Gasteiger partial charge on any atom is -0.397 e. The number of halogens is 1. The molecule has 68 valence electrons. The first-order chi connectivity index (χ1) is 6.24. The van der Waals surface area contributed by atoms with Crippen LogP contribution in [0, 0.1) is 3.57 Å². The van der Waals surface area contributed by atoms with E-state index in [1.165, 1.54) is 15.0 Å². The average molecular weight is 321 g/mol. The van der Waals surface area contributed by atoms with Gasteiger partial charge in [-0.25, -0.2) is 0 Å². The van der Waals surface area contributed by atoms with E-state index < -0.39 is 0 Å². The van der Waals surface area contributed by atoms with Crippen molar-refractivity contribution in [2.45, 2.75) is 4.90 Å². The van der Waals surface area contributed by atoms with Crippen molar-refractivity contribution in [2.24, 2.45) is 0 Å². The first-order valence-electron chi connectivity index (χ1n) is 3.73. The van der Waals surface area contributed by atoms with Gasteiger partial charge < -0.3 is 5.73 Å². The fraction of sp³-hybridized carbons (Fsp3) is 0.111. The van der Waals surface area contributed by atoms with Crippen LogP contribution in [0.5, 0.6) is 0 Å². The number of nitrogen functional groups attached to an aromatic ring is 1. The fourth-order valence-electron chi connectivity index (χ4n) is 1.23. The van der Waals surface area contributed by atoms with Gasteiger partial charge in [-0.05, 0) is 34.9 Å². The molecule has 0 atom stereocenters. The third-order valence-corrected chi connectivity index (χ3v) is 4.81. The molecule has 0 saturated heterocycles. The Morgan fingerprint density at radius 2 is 2.23 bits per heavy atom. The van der Waals surface area contributed by atoms with Crippen molar-refractivity contribution in [1.82, 2.24) is 0 Å². The summed E-state index contributed by atoms with van der Waals surface area (Å²) in [4.78, 5) is 1.32. The molecule has 2 rings (SSSR count). The third kappa shape index (κ3) is 1.55. The summed E-state index contributed by atoms with van der Waals surface area (Å²) >= 11 is 5.77. The molecule has 1 aromatic carbocycles. The molecule has 0 aliphatic carbocycles. The SMILES string of the molecule is CSc1csc2c(N)c(I)ccc12. The van der Waals surface area contributed by atoms with Crippen molar-refractivity contribution < 1.29 is 0 Å². The Morgan fingerprint density at radius 3 is 2.92 bits per heavy atom. The van der Waals surface area contributed by atoms with E-state index in [1.54, 1.807) is 23.1 Å². The summed E-state index contributed by atoms with van der Waals surface area (Å²) in [5.74, 6) is 0. The smallest absolute Gasteiger partial charge is 0.0631 e. The van der Waals surface area contributed by atoms with Crippen molar-refractivity contribution in [1.29, 1.82) is 0 Å². The first kappa shape index (κ1) is 9.61. The third-order valence-electron chi connectivity index (χ3n) is 1.91. The van der Waals surface area contributed by atoms with Crippen LogP contribution in [0.2, 0.25) is 0 Å². The number of nitrogens with two attached hydrogens (primary N) is 1. The van der Waals surface area contributed by atoms with Gasteiger partial charge in [0.1, 0.15) is 0 Å². The highest BCUT2D eigenvalue weighted by atomic mass is 127. The van der Waals surface area contributed by atoms with Gasteiger partial charge in [-0.1, -0.05) is 6.07 Å². The Balaban J connectivity index is 2.81. The molecule has 4 heteroatoms. The van der Waals surface area contributed by atoms with E-state index in [-0.39, 0.29) is 0 Å². The molecule has 0 unspecified atom stereocenters. The number of thiophene rings is 1. The molecule has 0 bridgehead atoms. The molecule has 0 amide bonds. The van der Waals surface area contributed by atoms with Gasteiger partial charge in [-0.3, -0.25) is 0 Å². The number of benzene rings is 1. The second-order valence-corrected chi connectivity index (χ2v) is 5.53. The van der Waals surface area contributed by atoms with Crippen molar-refractivity contribution >= 4 is 61.5 Å². The second kappa shape index (κ2) is 3.67. The number of hydrogen-bond acceptors (Lipinski definition) is 3. The molecule has 0 saturated carbocycles. The van der Waals surface area contributed by atoms with Gasteiger partial charge in [0.2, 0.25) is 0 Å². The van der Waals surface area contributed by atoms with Gasteiger partial charge in [-0.2, -0.15) is 0 Å². The molecule has 0 aliphatic heterocycles. The van der Waals surface area contributed by atoms with Crippen LogP contribution in [0.25, 0.3) is 10.1 Å². The minimum atomic E-state index is 0.920. The molecule has 0 spiro atoms. The Labute approximate surface area is 98.8 Å². The van der Waals surface area contributed by atoms with Crippen LogP contribution in [0.15, 0.2) is 22.4 Å². The topological polar surface area (TPSA) is 26.0 Å². The van der Waals surface area contributed by atoms with Gasteiger partial charge in [0.15, 0.2) is 0 Å². The number of rotatable bonds is 1. The van der Waals surface area contributed by atoms with E-state index in [1.807, 2.05) is 0 Å². The molecule has 2 N–H and O–H groups in total. The molecule has 1 aromatic heterocycles. The van der Waals surface area contributed by atoms with Crippen LogP contribution in [0.1, 0.15) is 0 Å². The maximum Gasteiger partial charge on any atom is 0.0631 e. The average Bonchev–Trinajstić information content (AvgIpc) is 2.55. The Hall–Kier alpha value is 0.0600. The zero-order chi connectivity index (χ0) is 9.42. The number of anilines is 1. The number of thioether (sulfide) groups is 1. The normalized spacial score (nSPS) is 10.9. The number of fused-ring (bicyclic) bond motifs is 1. The van der Waals surface area contributed by atoms with Crippen LogP contribution in [-0.2, 0) is 0 Å². The molecule has 0 fully saturated rings. The summed E-state index contributed by atoms with van der Waals surface area (Å²) in [6.07, 6.45) is 2.09. The van der Waals surface area contributed by atoms with Crippen molar-refractivity contribution in [3.05, 3.63) is 21.1 Å². The highest BCUT2D eigenvalue weighted by molar-refractivity contribution is 14.1. The van der Waals surface area contributed by atoms with Crippen LogP contribution < -0.4 is 5.73 Å². The standard InChI is InChI=1S/C9H8INS2/c1-12-7-4-13-9-5(7)2-3-6(10)8(9)11/h2-4H,11H2,1H3. The summed E-state index contributed by atoms with van der Waals surface area (Å²) < 4.78 is 2.36. The molecule has 1 heterocycles. The van der Waals surface area contributed by atoms with Crippen LogP contribution in [0.4, 0.5) is 5.69 Å². The van der Waals surface area contributed by atoms with Crippen molar-refractivity contribution in [3.8, 4) is 0 Å². The van der Waals surface area contributed by atoms with Crippen LogP contribution >= 0.6 is 45.7 Å². The Bertz CT molecular complexity index is 450. The second-order valence-electron chi connectivity index (χ2n) is 2.64. The molecule has 1 nitrogen and oxygen atoms in total. The van der Waals surface area contributed by atoms with E-state index in [4.69, 9.17) is 5.73 Å². The molecule has 13 heavy (non-hydrogen) atoms. The van der Waals surface area contributed by atoms with E-state index >= 15 is 0 Å². The van der Waals surface area contributed by atoms with E-state index in [0.717, 1.165) is 9.26 Å². The molecule has 2 aromatic rings. The highest BCUT2D eigenvalue weighted by Crippen LogP contribution is 2.37. The van der Waals surface area contributed by atoms with Crippen molar-refractivity contribution in [2.75, 3.05) is 12.0 Å². The number of hydrogen-bond donors (Lipinski definition) is 1. The molecular weight excluding hydrogens is 313 g/mol. The fourth-order valence-corrected chi connectivity index (χ4v) is 3.74. The molecular formula is C9H8INS2. The van der Waals surface area contributed by atoms with E-state index in [0.29, 0.717) is 0 Å². The lowest BCUT2D eigenvalue weighted by molar-refractivity contribution is 1.64. The Morgan fingerprint density at radius 1 is 1.46 bits per heavy atom. The predicted molar refractivity (Wildman–Crippen MR) is 70.7 cm³/mol. The Kier molecular flexibility index (Phi) is 2.71. The van der Waals surface area contributed by atoms with Gasteiger partial charge in [-0.15, -0.1) is 23.1 Å². The van der Waals surface area contributed by atoms with Gasteiger partial charge >= 0.3 is 0 Å². The van der Waals surface area contributed by atoms with Gasteiger partial charge in [0.25, 0.3) is 0 Å². The van der Waals surface area contributed by atoms with Crippen molar-refractivity contribution in [3.63, 3.8) is 0 Å². The summed E-state index contributed by atoms with van der Waals surface area (Å²) in [5.41, 5.74) is 6.90. The van der Waals surface area contributed by atoms with E-state index in [2.05, 4.69) is 46.4 Å². The van der Waals surface area contributed by atoms with Gasteiger partial charge in [0.05, 0.1) is 10.4 Å². The zero-order valence-corrected chi connectivity index (χ0v) is 10.8.